The zero-order chi connectivity index (χ0) is 18.9. The average Bonchev–Trinajstić information content (AvgIpc) is 2.99. The standard InChI is InChI=1S/C15H19ClF3N5O/c1-9-11(7-20-23(9)4)8-22(3)12(25)5-6-24-10(2)13(16)14(21-24)15(17,18)19/h7H,5-6,8H2,1-4H3. The highest BCUT2D eigenvalue weighted by molar-refractivity contribution is 6.31. The minimum Gasteiger partial charge on any atom is -0.341 e. The zero-order valence-electron chi connectivity index (χ0n) is 14.4. The summed E-state index contributed by atoms with van der Waals surface area (Å²) in [5.74, 6) is -0.206. The van der Waals surface area contributed by atoms with Gasteiger partial charge in [0.25, 0.3) is 0 Å². The van der Waals surface area contributed by atoms with Crippen LogP contribution in [0.4, 0.5) is 13.2 Å². The topological polar surface area (TPSA) is 56.0 Å². The van der Waals surface area contributed by atoms with Crippen LogP contribution in [0.15, 0.2) is 6.20 Å². The first kappa shape index (κ1) is 19.3. The van der Waals surface area contributed by atoms with Gasteiger partial charge in [-0.15, -0.1) is 0 Å². The lowest BCUT2D eigenvalue weighted by Crippen LogP contribution is -2.27. The van der Waals surface area contributed by atoms with Crippen LogP contribution in [-0.2, 0) is 31.1 Å². The number of hydrogen-bond donors (Lipinski definition) is 0. The minimum absolute atomic E-state index is 0.0198. The Balaban J connectivity index is 2.01. The Kier molecular flexibility index (Phi) is 5.46. The lowest BCUT2D eigenvalue weighted by molar-refractivity contribution is -0.141. The summed E-state index contributed by atoms with van der Waals surface area (Å²) in [6, 6.07) is 0. The first-order valence-electron chi connectivity index (χ1n) is 7.54. The first-order valence-corrected chi connectivity index (χ1v) is 7.91. The van der Waals surface area contributed by atoms with Crippen LogP contribution < -0.4 is 0 Å². The number of nitrogens with zero attached hydrogens (tertiary/aromatic N) is 5. The maximum Gasteiger partial charge on any atom is 0.436 e. The average molecular weight is 378 g/mol. The van der Waals surface area contributed by atoms with Crippen molar-refractivity contribution in [3.05, 3.63) is 33.9 Å². The first-order chi connectivity index (χ1) is 11.5. The lowest BCUT2D eigenvalue weighted by atomic mass is 10.2. The van der Waals surface area contributed by atoms with Crippen LogP contribution in [0.25, 0.3) is 0 Å². The molecule has 1 amide bonds. The van der Waals surface area contributed by atoms with Crippen molar-refractivity contribution in [1.29, 1.82) is 0 Å². The molecule has 2 heterocycles. The van der Waals surface area contributed by atoms with Gasteiger partial charge >= 0.3 is 6.18 Å². The van der Waals surface area contributed by atoms with E-state index in [1.54, 1.807) is 17.9 Å². The molecular weight excluding hydrogens is 359 g/mol. The van der Waals surface area contributed by atoms with Gasteiger partial charge in [0.1, 0.15) is 0 Å². The Hall–Kier alpha value is -2.03. The number of aryl methyl sites for hydroxylation is 2. The van der Waals surface area contributed by atoms with Crippen molar-refractivity contribution in [2.45, 2.75) is 39.5 Å². The van der Waals surface area contributed by atoms with Gasteiger partial charge < -0.3 is 4.90 Å². The van der Waals surface area contributed by atoms with E-state index in [-0.39, 0.29) is 24.6 Å². The number of halogens is 4. The molecule has 0 aliphatic heterocycles. The third kappa shape index (κ3) is 4.15. The van der Waals surface area contributed by atoms with E-state index in [0.29, 0.717) is 6.54 Å². The largest absolute Gasteiger partial charge is 0.436 e. The maximum atomic E-state index is 12.8. The number of aromatic nitrogens is 4. The van der Waals surface area contributed by atoms with Crippen molar-refractivity contribution in [1.82, 2.24) is 24.5 Å². The Morgan fingerprint density at radius 1 is 1.32 bits per heavy atom. The summed E-state index contributed by atoms with van der Waals surface area (Å²) in [5.41, 5.74) is 0.922. The molecule has 138 valence electrons. The number of hydrogen-bond acceptors (Lipinski definition) is 3. The lowest BCUT2D eigenvalue weighted by Gasteiger charge is -2.17. The minimum atomic E-state index is -4.62. The van der Waals surface area contributed by atoms with Gasteiger partial charge in [-0.05, 0) is 13.8 Å². The van der Waals surface area contributed by atoms with Gasteiger partial charge in [-0.2, -0.15) is 23.4 Å². The van der Waals surface area contributed by atoms with E-state index in [1.165, 1.54) is 11.8 Å². The smallest absolute Gasteiger partial charge is 0.341 e. The number of amides is 1. The Morgan fingerprint density at radius 2 is 1.96 bits per heavy atom. The van der Waals surface area contributed by atoms with Crippen molar-refractivity contribution in [2.75, 3.05) is 7.05 Å². The molecule has 2 aromatic heterocycles. The third-order valence-electron chi connectivity index (χ3n) is 4.11. The monoisotopic (exact) mass is 377 g/mol. The van der Waals surface area contributed by atoms with Crippen LogP contribution >= 0.6 is 11.6 Å². The van der Waals surface area contributed by atoms with Gasteiger partial charge in [0, 0.05) is 38.3 Å². The molecule has 0 aliphatic rings. The van der Waals surface area contributed by atoms with E-state index < -0.39 is 16.9 Å². The Bertz CT molecular complexity index is 781. The fourth-order valence-corrected chi connectivity index (χ4v) is 2.60. The molecule has 0 aliphatic carbocycles. The molecule has 0 fully saturated rings. The molecule has 0 unspecified atom stereocenters. The number of alkyl halides is 3. The van der Waals surface area contributed by atoms with Crippen molar-refractivity contribution < 1.29 is 18.0 Å². The molecule has 0 spiro atoms. The fraction of sp³-hybridized carbons (Fsp3) is 0.533. The van der Waals surface area contributed by atoms with Crippen LogP contribution in [0, 0.1) is 13.8 Å². The van der Waals surface area contributed by atoms with Crippen molar-refractivity contribution in [2.24, 2.45) is 7.05 Å². The zero-order valence-corrected chi connectivity index (χ0v) is 15.1. The number of carbonyl (C=O) groups excluding carboxylic acids is 1. The van der Waals surface area contributed by atoms with Crippen molar-refractivity contribution in [3.8, 4) is 0 Å². The van der Waals surface area contributed by atoms with Crippen LogP contribution in [-0.4, -0.2) is 37.4 Å². The number of rotatable bonds is 5. The SMILES string of the molecule is Cc1c(CN(C)C(=O)CCn2nc(C(F)(F)F)c(Cl)c2C)cnn1C. The van der Waals surface area contributed by atoms with Crippen LogP contribution in [0.1, 0.15) is 29.1 Å². The summed E-state index contributed by atoms with van der Waals surface area (Å²) in [7, 11) is 3.45. The summed E-state index contributed by atoms with van der Waals surface area (Å²) in [6.07, 6.45) is -2.91. The molecule has 2 aromatic rings. The Morgan fingerprint density at radius 3 is 2.44 bits per heavy atom. The van der Waals surface area contributed by atoms with E-state index in [4.69, 9.17) is 11.6 Å². The highest BCUT2D eigenvalue weighted by atomic mass is 35.5. The second-order valence-corrected chi connectivity index (χ2v) is 6.23. The molecule has 0 aromatic carbocycles. The maximum absolute atomic E-state index is 12.8. The summed E-state index contributed by atoms with van der Waals surface area (Å²) < 4.78 is 41.3. The molecule has 25 heavy (non-hydrogen) atoms. The summed E-state index contributed by atoms with van der Waals surface area (Å²) in [4.78, 5) is 13.8. The van der Waals surface area contributed by atoms with Gasteiger partial charge in [0.05, 0.1) is 23.5 Å². The summed E-state index contributed by atoms with van der Waals surface area (Å²) in [6.45, 7) is 3.74. The molecular formula is C15H19ClF3N5O. The van der Waals surface area contributed by atoms with Crippen LogP contribution in [0.5, 0.6) is 0 Å². The van der Waals surface area contributed by atoms with Crippen molar-refractivity contribution in [3.63, 3.8) is 0 Å². The molecule has 0 saturated carbocycles. The normalized spacial score (nSPS) is 11.8. The van der Waals surface area contributed by atoms with Gasteiger partial charge in [0.15, 0.2) is 5.69 Å². The Labute approximate surface area is 148 Å². The van der Waals surface area contributed by atoms with Gasteiger partial charge in [-0.25, -0.2) is 0 Å². The second-order valence-electron chi connectivity index (χ2n) is 5.85. The van der Waals surface area contributed by atoms with E-state index in [9.17, 15) is 18.0 Å². The van der Waals surface area contributed by atoms with Gasteiger partial charge in [0.2, 0.25) is 5.91 Å². The molecule has 0 radical (unpaired) electrons. The third-order valence-corrected chi connectivity index (χ3v) is 4.56. The van der Waals surface area contributed by atoms with Gasteiger partial charge in [-0.3, -0.25) is 14.2 Å². The highest BCUT2D eigenvalue weighted by Crippen LogP contribution is 2.35. The summed E-state index contributed by atoms with van der Waals surface area (Å²) >= 11 is 5.70. The van der Waals surface area contributed by atoms with Crippen molar-refractivity contribution >= 4 is 17.5 Å². The molecule has 0 bridgehead atoms. The molecule has 0 N–H and O–H groups in total. The van der Waals surface area contributed by atoms with E-state index in [1.807, 2.05) is 14.0 Å². The fourth-order valence-electron chi connectivity index (χ4n) is 2.36. The molecule has 2 rings (SSSR count). The van der Waals surface area contributed by atoms with E-state index in [0.717, 1.165) is 15.9 Å². The van der Waals surface area contributed by atoms with Crippen LogP contribution in [0.3, 0.4) is 0 Å². The predicted molar refractivity (Wildman–Crippen MR) is 86.0 cm³/mol. The molecule has 0 atom stereocenters. The van der Waals surface area contributed by atoms with E-state index in [2.05, 4.69) is 10.2 Å². The van der Waals surface area contributed by atoms with Crippen LogP contribution in [0.2, 0.25) is 5.02 Å². The predicted octanol–water partition coefficient (Wildman–Crippen LogP) is 2.95. The quantitative estimate of drug-likeness (QED) is 0.805. The van der Waals surface area contributed by atoms with Gasteiger partial charge in [-0.1, -0.05) is 11.6 Å². The molecule has 10 heteroatoms. The van der Waals surface area contributed by atoms with E-state index >= 15 is 0 Å². The molecule has 6 nitrogen and oxygen atoms in total. The second kappa shape index (κ2) is 7.07. The number of carbonyl (C=O) groups is 1. The molecule has 0 saturated heterocycles. The summed E-state index contributed by atoms with van der Waals surface area (Å²) in [5, 5.41) is 7.17. The highest BCUT2D eigenvalue weighted by Gasteiger charge is 2.38.